The van der Waals surface area contributed by atoms with Crippen LogP contribution in [0.4, 0.5) is 0 Å². The van der Waals surface area contributed by atoms with Crippen molar-refractivity contribution in [2.24, 2.45) is 0 Å². The molecule has 0 bridgehead atoms. The second-order valence-electron chi connectivity index (χ2n) is 7.46. The lowest BCUT2D eigenvalue weighted by Gasteiger charge is -2.22. The first-order chi connectivity index (χ1) is 14.8. The van der Waals surface area contributed by atoms with Crippen molar-refractivity contribution in [3.8, 4) is 11.5 Å². The van der Waals surface area contributed by atoms with Crippen LogP contribution in [-0.2, 0) is 14.8 Å². The Morgan fingerprint density at radius 2 is 1.71 bits per heavy atom. The van der Waals surface area contributed by atoms with Gasteiger partial charge in [-0.05, 0) is 47.5 Å². The molecule has 0 saturated carbocycles. The zero-order chi connectivity index (χ0) is 22.0. The normalized spacial score (nSPS) is 14.4. The minimum Gasteiger partial charge on any atom is -0.486 e. The van der Waals surface area contributed by atoms with E-state index in [4.69, 9.17) is 9.47 Å². The number of hydrogen-bond acceptors (Lipinski definition) is 5. The van der Waals surface area contributed by atoms with Crippen LogP contribution in [0.25, 0.3) is 10.8 Å². The standard InChI is InChI=1S/C23H24N2O5S/c1-16(18-8-10-21-22(14-18)30-12-11-29-21)24-23(26)15-25(2)31(27,28)20-9-7-17-5-3-4-6-19(17)13-20/h3-10,13-14,16H,11-12,15H2,1-2H3,(H,24,26). The van der Waals surface area contributed by atoms with E-state index in [-0.39, 0.29) is 17.5 Å². The van der Waals surface area contributed by atoms with E-state index in [2.05, 4.69) is 5.32 Å². The quantitative estimate of drug-likeness (QED) is 0.637. The van der Waals surface area contributed by atoms with Gasteiger partial charge in [-0.2, -0.15) is 4.31 Å². The summed E-state index contributed by atoms with van der Waals surface area (Å²) in [5.74, 6) is 0.921. The molecule has 0 fully saturated rings. The van der Waals surface area contributed by atoms with Crippen LogP contribution in [0.15, 0.2) is 65.6 Å². The highest BCUT2D eigenvalue weighted by molar-refractivity contribution is 7.89. The average Bonchev–Trinajstić information content (AvgIpc) is 2.78. The third kappa shape index (κ3) is 4.50. The molecule has 0 spiro atoms. The first kappa shape index (κ1) is 21.1. The Morgan fingerprint density at radius 3 is 2.48 bits per heavy atom. The van der Waals surface area contributed by atoms with Gasteiger partial charge in [0.15, 0.2) is 11.5 Å². The van der Waals surface area contributed by atoms with Crippen LogP contribution in [0.5, 0.6) is 11.5 Å². The molecule has 162 valence electrons. The molecule has 3 aromatic carbocycles. The predicted octanol–water partition coefficient (Wildman–Crippen LogP) is 3.11. The van der Waals surface area contributed by atoms with Crippen molar-refractivity contribution in [1.82, 2.24) is 9.62 Å². The molecule has 8 heteroatoms. The maximum atomic E-state index is 12.9. The van der Waals surface area contributed by atoms with E-state index in [9.17, 15) is 13.2 Å². The maximum Gasteiger partial charge on any atom is 0.243 e. The van der Waals surface area contributed by atoms with E-state index in [1.807, 2.05) is 49.4 Å². The predicted molar refractivity (Wildman–Crippen MR) is 118 cm³/mol. The largest absolute Gasteiger partial charge is 0.486 e. The summed E-state index contributed by atoms with van der Waals surface area (Å²) in [6, 6.07) is 17.6. The third-order valence-electron chi connectivity index (χ3n) is 5.24. The number of nitrogens with one attached hydrogen (secondary N) is 1. The molecule has 3 aromatic rings. The SMILES string of the molecule is CC(NC(=O)CN(C)S(=O)(=O)c1ccc2ccccc2c1)c1ccc2c(c1)OCCO2. The van der Waals surface area contributed by atoms with Gasteiger partial charge in [0, 0.05) is 7.05 Å². The van der Waals surface area contributed by atoms with Crippen molar-refractivity contribution in [2.45, 2.75) is 17.9 Å². The Hall–Kier alpha value is -3.10. The van der Waals surface area contributed by atoms with Gasteiger partial charge >= 0.3 is 0 Å². The number of carbonyl (C=O) groups is 1. The lowest BCUT2D eigenvalue weighted by molar-refractivity contribution is -0.121. The number of benzene rings is 3. The summed E-state index contributed by atoms with van der Waals surface area (Å²) >= 11 is 0. The van der Waals surface area contributed by atoms with Crippen LogP contribution in [0, 0.1) is 0 Å². The number of sulfonamides is 1. The Bertz CT molecular complexity index is 1230. The summed E-state index contributed by atoms with van der Waals surface area (Å²) in [5.41, 5.74) is 0.845. The second kappa shape index (κ2) is 8.56. The molecule has 1 unspecified atom stereocenters. The van der Waals surface area contributed by atoms with Crippen molar-refractivity contribution in [3.05, 3.63) is 66.2 Å². The molecule has 7 nitrogen and oxygen atoms in total. The lowest BCUT2D eigenvalue weighted by atomic mass is 10.1. The van der Waals surface area contributed by atoms with Gasteiger partial charge in [0.25, 0.3) is 0 Å². The van der Waals surface area contributed by atoms with Crippen LogP contribution in [0.2, 0.25) is 0 Å². The van der Waals surface area contributed by atoms with Crippen LogP contribution in [0.1, 0.15) is 18.5 Å². The van der Waals surface area contributed by atoms with Crippen molar-refractivity contribution in [1.29, 1.82) is 0 Å². The van der Waals surface area contributed by atoms with Gasteiger partial charge in [0.2, 0.25) is 15.9 Å². The number of amides is 1. The van der Waals surface area contributed by atoms with Crippen LogP contribution < -0.4 is 14.8 Å². The zero-order valence-corrected chi connectivity index (χ0v) is 18.2. The summed E-state index contributed by atoms with van der Waals surface area (Å²) in [4.78, 5) is 12.7. The first-order valence-electron chi connectivity index (χ1n) is 9.98. The van der Waals surface area contributed by atoms with E-state index in [0.717, 1.165) is 20.6 Å². The molecule has 1 heterocycles. The maximum absolute atomic E-state index is 12.9. The van der Waals surface area contributed by atoms with Gasteiger partial charge in [-0.25, -0.2) is 8.42 Å². The van der Waals surface area contributed by atoms with Gasteiger partial charge in [0.05, 0.1) is 17.5 Å². The second-order valence-corrected chi connectivity index (χ2v) is 9.51. The molecule has 1 amide bonds. The fourth-order valence-corrected chi connectivity index (χ4v) is 4.66. The van der Waals surface area contributed by atoms with E-state index < -0.39 is 15.9 Å². The summed E-state index contributed by atoms with van der Waals surface area (Å²) in [6.45, 7) is 2.54. The number of nitrogens with zero attached hydrogens (tertiary/aromatic N) is 1. The summed E-state index contributed by atoms with van der Waals surface area (Å²) in [7, 11) is -2.40. The molecule has 1 aliphatic heterocycles. The van der Waals surface area contributed by atoms with Crippen molar-refractivity contribution in [3.63, 3.8) is 0 Å². The van der Waals surface area contributed by atoms with Crippen molar-refractivity contribution >= 4 is 26.7 Å². The van der Waals surface area contributed by atoms with Crippen LogP contribution in [0.3, 0.4) is 0 Å². The first-order valence-corrected chi connectivity index (χ1v) is 11.4. The van der Waals surface area contributed by atoms with Gasteiger partial charge in [-0.3, -0.25) is 4.79 Å². The molecule has 31 heavy (non-hydrogen) atoms. The molecule has 1 atom stereocenters. The monoisotopic (exact) mass is 440 g/mol. The van der Waals surface area contributed by atoms with Gasteiger partial charge in [0.1, 0.15) is 13.2 Å². The van der Waals surface area contributed by atoms with E-state index in [0.29, 0.717) is 24.7 Å². The van der Waals surface area contributed by atoms with Gasteiger partial charge in [-0.15, -0.1) is 0 Å². The zero-order valence-electron chi connectivity index (χ0n) is 17.4. The van der Waals surface area contributed by atoms with Crippen molar-refractivity contribution < 1.29 is 22.7 Å². The highest BCUT2D eigenvalue weighted by atomic mass is 32.2. The fourth-order valence-electron chi connectivity index (χ4n) is 3.49. The molecule has 0 aliphatic carbocycles. The molecule has 1 aliphatic rings. The number of hydrogen-bond donors (Lipinski definition) is 1. The molecule has 0 aromatic heterocycles. The number of fused-ring (bicyclic) bond motifs is 2. The molecular formula is C23H24N2O5S. The number of ether oxygens (including phenoxy) is 2. The Morgan fingerprint density at radius 1 is 1.00 bits per heavy atom. The molecule has 0 radical (unpaired) electrons. The highest BCUT2D eigenvalue weighted by Gasteiger charge is 2.24. The minimum absolute atomic E-state index is 0.154. The van der Waals surface area contributed by atoms with Gasteiger partial charge < -0.3 is 14.8 Å². The van der Waals surface area contributed by atoms with Crippen LogP contribution in [-0.4, -0.2) is 45.4 Å². The molecule has 4 rings (SSSR count). The lowest BCUT2D eigenvalue weighted by Crippen LogP contribution is -2.39. The Labute approximate surface area is 181 Å². The average molecular weight is 441 g/mol. The Balaban J connectivity index is 1.43. The number of carbonyl (C=O) groups excluding carboxylic acids is 1. The molecule has 0 saturated heterocycles. The minimum atomic E-state index is -3.80. The third-order valence-corrected chi connectivity index (χ3v) is 7.04. The van der Waals surface area contributed by atoms with E-state index in [1.165, 1.54) is 7.05 Å². The highest BCUT2D eigenvalue weighted by Crippen LogP contribution is 2.32. The fraction of sp³-hybridized carbons (Fsp3) is 0.261. The van der Waals surface area contributed by atoms with Crippen molar-refractivity contribution in [2.75, 3.05) is 26.8 Å². The summed E-state index contributed by atoms with van der Waals surface area (Å²) in [6.07, 6.45) is 0. The van der Waals surface area contributed by atoms with E-state index in [1.54, 1.807) is 18.2 Å². The summed E-state index contributed by atoms with van der Waals surface area (Å²) < 4.78 is 38.0. The van der Waals surface area contributed by atoms with Gasteiger partial charge in [-0.1, -0.05) is 36.4 Å². The van der Waals surface area contributed by atoms with Crippen LogP contribution >= 0.6 is 0 Å². The topological polar surface area (TPSA) is 84.9 Å². The number of rotatable bonds is 6. The van der Waals surface area contributed by atoms with E-state index >= 15 is 0 Å². The number of likely N-dealkylation sites (N-methyl/N-ethyl adjacent to an activating group) is 1. The molecular weight excluding hydrogens is 416 g/mol. The Kier molecular flexibility index (Phi) is 5.84. The summed E-state index contributed by atoms with van der Waals surface area (Å²) in [5, 5.41) is 4.63. The smallest absolute Gasteiger partial charge is 0.243 e. The molecule has 1 N–H and O–H groups in total.